The minimum Gasteiger partial charge on any atom is -0.475 e. The van der Waals surface area contributed by atoms with Crippen LogP contribution >= 0.6 is 0 Å². The van der Waals surface area contributed by atoms with Crippen LogP contribution in [0.1, 0.15) is 34.7 Å². The molecule has 0 bridgehead atoms. The minimum atomic E-state index is -1.01. The third kappa shape index (κ3) is 2.59. The molecular formula is C11H15NO3. The molecule has 82 valence electrons. The number of carboxylic acids is 1. The smallest absolute Gasteiger partial charge is 0.371 e. The summed E-state index contributed by atoms with van der Waals surface area (Å²) in [6, 6.07) is 1.59. The van der Waals surface area contributed by atoms with Crippen LogP contribution in [-0.4, -0.2) is 17.6 Å². The van der Waals surface area contributed by atoms with Crippen LogP contribution in [0, 0.1) is 12.8 Å². The first-order valence-electron chi connectivity index (χ1n) is 5.20. The molecule has 0 aliphatic heterocycles. The van der Waals surface area contributed by atoms with Crippen molar-refractivity contribution in [3.63, 3.8) is 0 Å². The van der Waals surface area contributed by atoms with Gasteiger partial charge in [-0.2, -0.15) is 0 Å². The first-order valence-corrected chi connectivity index (χ1v) is 5.20. The van der Waals surface area contributed by atoms with E-state index in [0.717, 1.165) is 18.0 Å². The quantitative estimate of drug-likeness (QED) is 0.776. The van der Waals surface area contributed by atoms with Crippen LogP contribution in [0.3, 0.4) is 0 Å². The third-order valence-corrected chi connectivity index (χ3v) is 2.68. The molecule has 4 heteroatoms. The molecule has 1 heterocycles. The second kappa shape index (κ2) is 4.06. The Balaban J connectivity index is 1.91. The molecule has 0 saturated heterocycles. The number of carbonyl (C=O) groups is 1. The Labute approximate surface area is 88.3 Å². The first kappa shape index (κ1) is 10.2. The number of rotatable bonds is 5. The monoisotopic (exact) mass is 209 g/mol. The molecular weight excluding hydrogens is 194 g/mol. The van der Waals surface area contributed by atoms with Crippen molar-refractivity contribution in [1.29, 1.82) is 0 Å². The van der Waals surface area contributed by atoms with Gasteiger partial charge in [0.15, 0.2) is 0 Å². The van der Waals surface area contributed by atoms with E-state index in [1.165, 1.54) is 12.8 Å². The van der Waals surface area contributed by atoms with Crippen LogP contribution in [0.2, 0.25) is 0 Å². The van der Waals surface area contributed by atoms with Gasteiger partial charge in [0.05, 0.1) is 0 Å². The molecule has 0 spiro atoms. The van der Waals surface area contributed by atoms with Gasteiger partial charge in [-0.25, -0.2) is 4.79 Å². The summed E-state index contributed by atoms with van der Waals surface area (Å²) in [6.45, 7) is 3.51. The maximum absolute atomic E-state index is 10.6. The highest BCUT2D eigenvalue weighted by Crippen LogP contribution is 2.27. The highest BCUT2D eigenvalue weighted by Gasteiger charge is 2.20. The van der Waals surface area contributed by atoms with E-state index < -0.39 is 5.97 Å². The topological polar surface area (TPSA) is 62.5 Å². The van der Waals surface area contributed by atoms with Crippen LogP contribution < -0.4 is 5.32 Å². The lowest BCUT2D eigenvalue weighted by Gasteiger charge is -2.00. The Kier molecular flexibility index (Phi) is 2.77. The van der Waals surface area contributed by atoms with Gasteiger partial charge in [-0.05, 0) is 38.3 Å². The van der Waals surface area contributed by atoms with E-state index >= 15 is 0 Å². The molecule has 2 N–H and O–H groups in total. The van der Waals surface area contributed by atoms with Gasteiger partial charge >= 0.3 is 5.97 Å². The van der Waals surface area contributed by atoms with E-state index in [2.05, 4.69) is 5.32 Å². The molecule has 0 aromatic carbocycles. The SMILES string of the molecule is Cc1oc(C(=O)O)cc1CNCC1CC1. The van der Waals surface area contributed by atoms with Crippen molar-refractivity contribution < 1.29 is 14.3 Å². The van der Waals surface area contributed by atoms with Gasteiger partial charge in [0.2, 0.25) is 5.76 Å². The average molecular weight is 209 g/mol. The summed E-state index contributed by atoms with van der Waals surface area (Å²) in [5.41, 5.74) is 0.938. The van der Waals surface area contributed by atoms with E-state index in [1.807, 2.05) is 0 Å². The molecule has 0 atom stereocenters. The normalized spacial score (nSPS) is 15.5. The molecule has 1 aliphatic rings. The van der Waals surface area contributed by atoms with Gasteiger partial charge < -0.3 is 14.8 Å². The van der Waals surface area contributed by atoms with Gasteiger partial charge in [0.1, 0.15) is 5.76 Å². The van der Waals surface area contributed by atoms with Crippen LogP contribution in [0.5, 0.6) is 0 Å². The van der Waals surface area contributed by atoms with Crippen LogP contribution in [0.4, 0.5) is 0 Å². The number of carboxylic acid groups (broad SMARTS) is 1. The van der Waals surface area contributed by atoms with E-state index in [0.29, 0.717) is 12.3 Å². The summed E-state index contributed by atoms with van der Waals surface area (Å²) in [7, 11) is 0. The Hall–Kier alpha value is -1.29. The summed E-state index contributed by atoms with van der Waals surface area (Å²) in [5.74, 6) is 0.536. The van der Waals surface area contributed by atoms with Crippen LogP contribution in [-0.2, 0) is 6.54 Å². The Morgan fingerprint density at radius 3 is 2.93 bits per heavy atom. The van der Waals surface area contributed by atoms with E-state index in [9.17, 15) is 4.79 Å². The molecule has 1 aromatic rings. The molecule has 15 heavy (non-hydrogen) atoms. The molecule has 4 nitrogen and oxygen atoms in total. The van der Waals surface area contributed by atoms with Gasteiger partial charge in [0, 0.05) is 12.1 Å². The van der Waals surface area contributed by atoms with E-state index in [4.69, 9.17) is 9.52 Å². The second-order valence-corrected chi connectivity index (χ2v) is 4.07. The minimum absolute atomic E-state index is 0.0238. The van der Waals surface area contributed by atoms with Crippen molar-refractivity contribution in [2.75, 3.05) is 6.54 Å². The lowest BCUT2D eigenvalue weighted by molar-refractivity contribution is 0.0661. The summed E-state index contributed by atoms with van der Waals surface area (Å²) in [6.07, 6.45) is 2.63. The second-order valence-electron chi connectivity index (χ2n) is 4.07. The predicted octanol–water partition coefficient (Wildman–Crippen LogP) is 1.79. The highest BCUT2D eigenvalue weighted by molar-refractivity contribution is 5.84. The first-order chi connectivity index (χ1) is 7.16. The zero-order valence-corrected chi connectivity index (χ0v) is 8.75. The van der Waals surface area contributed by atoms with Gasteiger partial charge in [-0.1, -0.05) is 0 Å². The van der Waals surface area contributed by atoms with Crippen molar-refractivity contribution in [2.45, 2.75) is 26.3 Å². The number of aryl methyl sites for hydroxylation is 1. The molecule has 1 saturated carbocycles. The molecule has 1 aromatic heterocycles. The fourth-order valence-electron chi connectivity index (χ4n) is 1.53. The number of hydrogen-bond acceptors (Lipinski definition) is 3. The van der Waals surface area contributed by atoms with Crippen molar-refractivity contribution in [1.82, 2.24) is 5.32 Å². The Morgan fingerprint density at radius 1 is 1.67 bits per heavy atom. The van der Waals surface area contributed by atoms with Crippen LogP contribution in [0.25, 0.3) is 0 Å². The summed E-state index contributed by atoms with van der Waals surface area (Å²) in [5, 5.41) is 12.0. The van der Waals surface area contributed by atoms with Crippen molar-refractivity contribution in [3.05, 3.63) is 23.2 Å². The fourth-order valence-corrected chi connectivity index (χ4v) is 1.53. The zero-order chi connectivity index (χ0) is 10.8. The number of nitrogens with one attached hydrogen (secondary N) is 1. The number of aromatic carboxylic acids is 1. The van der Waals surface area contributed by atoms with E-state index in [-0.39, 0.29) is 5.76 Å². The van der Waals surface area contributed by atoms with Crippen LogP contribution in [0.15, 0.2) is 10.5 Å². The summed E-state index contributed by atoms with van der Waals surface area (Å²) < 4.78 is 5.11. The molecule has 2 rings (SSSR count). The maximum Gasteiger partial charge on any atom is 0.371 e. The number of furan rings is 1. The van der Waals surface area contributed by atoms with Gasteiger partial charge in [0.25, 0.3) is 0 Å². The lowest BCUT2D eigenvalue weighted by atomic mass is 10.2. The molecule has 1 aliphatic carbocycles. The standard InChI is InChI=1S/C11H15NO3/c1-7-9(4-10(15-7)11(13)14)6-12-5-8-2-3-8/h4,8,12H,2-3,5-6H2,1H3,(H,13,14). The lowest BCUT2D eigenvalue weighted by Crippen LogP contribution is -2.16. The third-order valence-electron chi connectivity index (χ3n) is 2.68. The summed E-state index contributed by atoms with van der Waals surface area (Å²) >= 11 is 0. The molecule has 1 fully saturated rings. The molecule has 0 unspecified atom stereocenters. The summed E-state index contributed by atoms with van der Waals surface area (Å²) in [4.78, 5) is 10.6. The highest BCUT2D eigenvalue weighted by atomic mass is 16.4. The van der Waals surface area contributed by atoms with E-state index in [1.54, 1.807) is 13.0 Å². The Morgan fingerprint density at radius 2 is 2.40 bits per heavy atom. The average Bonchev–Trinajstić information content (AvgIpc) is 2.91. The number of hydrogen-bond donors (Lipinski definition) is 2. The van der Waals surface area contributed by atoms with Crippen molar-refractivity contribution >= 4 is 5.97 Å². The van der Waals surface area contributed by atoms with Gasteiger partial charge in [-0.3, -0.25) is 0 Å². The van der Waals surface area contributed by atoms with Gasteiger partial charge in [-0.15, -0.1) is 0 Å². The predicted molar refractivity (Wildman–Crippen MR) is 54.8 cm³/mol. The molecule has 0 amide bonds. The van der Waals surface area contributed by atoms with Crippen molar-refractivity contribution in [2.24, 2.45) is 5.92 Å². The Bertz CT molecular complexity index is 366. The largest absolute Gasteiger partial charge is 0.475 e. The van der Waals surface area contributed by atoms with Crippen molar-refractivity contribution in [3.8, 4) is 0 Å². The molecule has 0 radical (unpaired) electrons. The maximum atomic E-state index is 10.6. The zero-order valence-electron chi connectivity index (χ0n) is 8.75. The fraction of sp³-hybridized carbons (Fsp3) is 0.545.